The molecule has 118 heavy (non-hydrogen) atoms. The summed E-state index contributed by atoms with van der Waals surface area (Å²) in [5.41, 5.74) is 20.9. The van der Waals surface area contributed by atoms with Gasteiger partial charge in [-0.05, 0) is 260 Å². The Morgan fingerprint density at radius 1 is 0.254 bits per heavy atom. The molecule has 8 fully saturated rings. The van der Waals surface area contributed by atoms with Crippen molar-refractivity contribution in [1.82, 2.24) is 9.80 Å². The average Bonchev–Trinajstić information content (AvgIpc) is 1.33. The van der Waals surface area contributed by atoms with Crippen LogP contribution in [0.5, 0.6) is 46.0 Å². The Kier molecular flexibility index (Phi) is 17.3. The summed E-state index contributed by atoms with van der Waals surface area (Å²) in [4.78, 5) is 59.7. The highest BCUT2D eigenvalue weighted by atomic mass is 16.5. The van der Waals surface area contributed by atoms with Crippen LogP contribution in [0, 0.1) is 34.5 Å². The highest BCUT2D eigenvalue weighted by molar-refractivity contribution is 6.22. The smallest absolute Gasteiger partial charge is 0.261 e. The number of hydrogen-bond donors (Lipinski definition) is 0. The minimum Gasteiger partial charge on any atom is -0.489 e. The molecule has 14 nitrogen and oxygen atoms in total. The number of benzene rings is 10. The summed E-state index contributed by atoms with van der Waals surface area (Å²) in [6, 6.07) is 64.6. The third-order valence-corrected chi connectivity index (χ3v) is 30.0. The van der Waals surface area contributed by atoms with Crippen molar-refractivity contribution in [2.75, 3.05) is 65.9 Å². The minimum atomic E-state index is -0.192. The Morgan fingerprint density at radius 2 is 0.458 bits per heavy atom. The third kappa shape index (κ3) is 12.3. The van der Waals surface area contributed by atoms with Crippen LogP contribution in [0.2, 0.25) is 0 Å². The molecule has 6 aliphatic heterocycles. The van der Waals surface area contributed by atoms with E-state index in [9.17, 15) is 19.2 Å². The number of hydrogen-bond acceptors (Lipinski definition) is 12. The Hall–Kier alpha value is -11.1. The molecule has 0 radical (unpaired) electrons. The van der Waals surface area contributed by atoms with E-state index in [1.54, 1.807) is 34.1 Å². The standard InChI is InChI=1S/C104H98N2O12/c107-97-85-23-1-2-24-86(85)98(108)105(97)29-27-101-53-63-39-64(54-101)58-103(57-63,61-101)83-49-79-45-75-19-9-21-77-47-81-51-84(104-59-65-40-66(60-104)56-102(55-65,62-104)28-30-106-99(109)87-25-3-4-26-88(87)100(106)110)52-82-48-78-22-10-20-76-46-80(50-83)95(79)117-37-35-113-91-71-15-7-16-72(91)42-68-12-6-14-70(90(68)112-32-34-116-94(76)78)44-74-18-8-17-73(92(74)114-36-38-118-96(81)82)43-69-13-5-11-67(41-71)89(69)111-31-33-115-93(75)77/h1-26,49-52,63-66H,27-48,53-62H2/t63-,64+,65-,66+,101?,102?,103?,104?. The van der Waals surface area contributed by atoms with Gasteiger partial charge < -0.3 is 37.9 Å². The van der Waals surface area contributed by atoms with E-state index in [1.165, 1.54) is 24.0 Å². The van der Waals surface area contributed by atoms with Crippen molar-refractivity contribution in [3.8, 4) is 46.0 Å². The molecule has 10 aromatic rings. The van der Waals surface area contributed by atoms with Crippen molar-refractivity contribution < 1.29 is 57.1 Å². The van der Waals surface area contributed by atoms with E-state index in [-0.39, 0.29) is 98.1 Å². The molecule has 596 valence electrons. The monoisotopic (exact) mass is 1570 g/mol. The Bertz CT molecular complexity index is 5230. The van der Waals surface area contributed by atoms with Gasteiger partial charge in [0.05, 0.1) is 22.3 Å². The molecule has 0 saturated heterocycles. The maximum atomic E-state index is 14.2. The Morgan fingerprint density at radius 3 is 0.678 bits per heavy atom. The van der Waals surface area contributed by atoms with Crippen LogP contribution < -0.4 is 37.9 Å². The molecule has 4 amide bonds. The topological polar surface area (TPSA) is 149 Å². The summed E-state index contributed by atoms with van der Waals surface area (Å²) >= 11 is 0. The first-order valence-electron chi connectivity index (χ1n) is 43.7. The molecule has 6 heterocycles. The number of rotatable bonds is 8. The summed E-state index contributed by atoms with van der Waals surface area (Å²) in [7, 11) is 0. The van der Waals surface area contributed by atoms with Crippen LogP contribution in [-0.2, 0) is 62.2 Å². The lowest BCUT2D eigenvalue weighted by atomic mass is 9.42. The lowest BCUT2D eigenvalue weighted by Crippen LogP contribution is -2.54. The first-order valence-corrected chi connectivity index (χ1v) is 43.7. The number of fused-ring (bicyclic) bond motifs is 14. The summed E-state index contributed by atoms with van der Waals surface area (Å²) < 4.78 is 60.4. The SMILES string of the molecule is O=C1c2ccccc2C(=O)N1CCC12C[C@H]3C[C@@H](C1)CC(c1cc4c5c(c1)Cc1cccc6c1OCCOc1c7cccc1Cc1cccc8c1OCCOc1c(cc(C9%10C[C@@H]%11C[C@@H](CC(CCN%12C(=O)c%13ccccc%13C%12=O)(C%11)C9)C%10)cc1C6)Cc1cccc(c1OCCOc1c(cccc1C8)Cc1cccc(c1OCCO5)C7)C4)(C3)C2. The van der Waals surface area contributed by atoms with Gasteiger partial charge in [-0.15, -0.1) is 0 Å². The largest absolute Gasteiger partial charge is 0.489 e. The lowest BCUT2D eigenvalue weighted by molar-refractivity contribution is -0.0779. The van der Waals surface area contributed by atoms with Crippen LogP contribution in [0.25, 0.3) is 0 Å². The summed E-state index contributed by atoms with van der Waals surface area (Å²) in [5, 5.41) is 0. The van der Waals surface area contributed by atoms with E-state index >= 15 is 0 Å². The molecule has 0 spiro atoms. The van der Waals surface area contributed by atoms with Crippen molar-refractivity contribution in [3.05, 3.63) is 304 Å². The van der Waals surface area contributed by atoms with E-state index in [1.807, 2.05) is 24.3 Å². The van der Waals surface area contributed by atoms with Gasteiger partial charge in [0.25, 0.3) is 23.6 Å². The van der Waals surface area contributed by atoms with Crippen LogP contribution >= 0.6 is 0 Å². The number of amides is 4. The zero-order valence-electron chi connectivity index (χ0n) is 67.1. The maximum absolute atomic E-state index is 14.2. The highest BCUT2D eigenvalue weighted by Crippen LogP contribution is 2.69. The number of imide groups is 2. The highest BCUT2D eigenvalue weighted by Gasteiger charge is 2.60. The van der Waals surface area contributed by atoms with E-state index in [4.69, 9.17) is 37.9 Å². The third-order valence-electron chi connectivity index (χ3n) is 30.0. The second-order valence-corrected chi connectivity index (χ2v) is 37.5. The Balaban J connectivity index is 0.726. The number of para-hydroxylation sites is 6. The molecular formula is C104H98N2O12. The first-order chi connectivity index (χ1) is 57.8. The van der Waals surface area contributed by atoms with Gasteiger partial charge in [0.15, 0.2) is 0 Å². The number of nitrogens with zero attached hydrogens (tertiary/aromatic N) is 2. The van der Waals surface area contributed by atoms with Gasteiger partial charge in [0, 0.05) is 64.5 Å². The molecule has 14 heteroatoms. The predicted octanol–water partition coefficient (Wildman–Crippen LogP) is 18.9. The number of carbonyl (C=O) groups excluding carboxylic acids is 4. The van der Waals surface area contributed by atoms with Crippen LogP contribution in [0.4, 0.5) is 0 Å². The van der Waals surface area contributed by atoms with E-state index in [0.29, 0.717) is 110 Å². The lowest BCUT2D eigenvalue weighted by Gasteiger charge is -2.63. The van der Waals surface area contributed by atoms with Crippen LogP contribution in [0.15, 0.2) is 182 Å². The summed E-state index contributed by atoms with van der Waals surface area (Å²) in [6.07, 6.45) is 18.6. The van der Waals surface area contributed by atoms with E-state index in [0.717, 1.165) is 212 Å². The van der Waals surface area contributed by atoms with Crippen molar-refractivity contribution in [2.24, 2.45) is 34.5 Å². The number of ether oxygens (including phenoxy) is 8. The van der Waals surface area contributed by atoms with Gasteiger partial charge in [0.2, 0.25) is 0 Å². The second-order valence-electron chi connectivity index (χ2n) is 37.5. The van der Waals surface area contributed by atoms with Crippen molar-refractivity contribution in [2.45, 2.75) is 152 Å². The number of carbonyl (C=O) groups is 4. The zero-order chi connectivity index (χ0) is 78.6. The molecule has 32 bridgehead atoms. The molecule has 26 rings (SSSR count). The summed E-state index contributed by atoms with van der Waals surface area (Å²) in [6.45, 7) is 2.84. The fourth-order valence-electron chi connectivity index (χ4n) is 26.2. The maximum Gasteiger partial charge on any atom is 0.261 e. The van der Waals surface area contributed by atoms with Gasteiger partial charge in [-0.1, -0.05) is 158 Å². The molecule has 8 atom stereocenters. The Labute approximate surface area is 689 Å². The molecule has 0 aromatic heterocycles. The second kappa shape index (κ2) is 28.3. The van der Waals surface area contributed by atoms with Gasteiger partial charge >= 0.3 is 0 Å². The molecule has 10 aromatic carbocycles. The molecule has 4 unspecified atom stereocenters. The fourth-order valence-corrected chi connectivity index (χ4v) is 26.2. The van der Waals surface area contributed by atoms with E-state index < -0.39 is 0 Å². The summed E-state index contributed by atoms with van der Waals surface area (Å²) in [5.74, 6) is 7.88. The van der Waals surface area contributed by atoms with Gasteiger partial charge in [-0.2, -0.15) is 0 Å². The zero-order valence-corrected chi connectivity index (χ0v) is 67.1. The van der Waals surface area contributed by atoms with Gasteiger partial charge in [-0.3, -0.25) is 29.0 Å². The predicted molar refractivity (Wildman–Crippen MR) is 448 cm³/mol. The minimum absolute atomic E-state index is 0.0635. The normalized spacial score (nSPS) is 25.9. The first kappa shape index (κ1) is 72.1. The van der Waals surface area contributed by atoms with Crippen molar-refractivity contribution >= 4 is 23.6 Å². The van der Waals surface area contributed by atoms with E-state index in [2.05, 4.69) is 133 Å². The van der Waals surface area contributed by atoms with Crippen molar-refractivity contribution in [1.29, 1.82) is 0 Å². The fraction of sp³-hybridized carbons (Fsp3) is 0.385. The molecular weight excluding hydrogens is 1470 g/mol. The van der Waals surface area contributed by atoms with Crippen LogP contribution in [-0.4, -0.2) is 99.4 Å². The van der Waals surface area contributed by atoms with Crippen LogP contribution in [0.3, 0.4) is 0 Å². The molecule has 0 N–H and O–H groups in total. The van der Waals surface area contributed by atoms with Crippen LogP contribution in [0.1, 0.15) is 231 Å². The van der Waals surface area contributed by atoms with Gasteiger partial charge in [0.1, 0.15) is 98.9 Å². The van der Waals surface area contributed by atoms with Gasteiger partial charge in [-0.25, -0.2) is 0 Å². The molecule has 10 aliphatic carbocycles. The molecule has 16 aliphatic rings. The average molecular weight is 1570 g/mol. The quantitative estimate of drug-likeness (QED) is 0.133. The van der Waals surface area contributed by atoms with Crippen molar-refractivity contribution in [3.63, 3.8) is 0 Å². The molecule has 8 saturated carbocycles.